The van der Waals surface area contributed by atoms with Crippen molar-refractivity contribution >= 4 is 279 Å². The minimum Gasteiger partial charge on any atom is -0.493 e. The molecule has 14 N–H and O–H groups in total. The molecule has 13 aromatic rings. The summed E-state index contributed by atoms with van der Waals surface area (Å²) < 4.78 is 354. The number of anilines is 1. The normalized spacial score (nSPS) is 12.4. The number of aromatic hydroxyl groups is 1. The fraction of sp³-hybridized carbons (Fsp3) is 0.256. The second-order valence-corrected chi connectivity index (χ2v) is 47.8. The first kappa shape index (κ1) is 120. The number of pyridine rings is 1. The zero-order chi connectivity index (χ0) is 110. The molecule has 0 aliphatic carbocycles. The highest BCUT2D eigenvalue weighted by atomic mass is 32.3. The monoisotopic (exact) mass is 2330 g/mol. The summed E-state index contributed by atoms with van der Waals surface area (Å²) in [5.41, 5.74) is 9.52. The van der Waals surface area contributed by atoms with E-state index in [1.165, 1.54) is 59.0 Å². The fourth-order valence-electron chi connectivity index (χ4n) is 12.6. The Hall–Kier alpha value is -12.0. The molecule has 790 valence electrons. The van der Waals surface area contributed by atoms with Crippen molar-refractivity contribution in [3.63, 3.8) is 0 Å². The molecular weight excluding hydrogens is 2250 g/mol. The average Bonchev–Trinajstić information content (AvgIpc) is 1.62. The third kappa shape index (κ3) is 35.6. The van der Waals surface area contributed by atoms with E-state index in [1.54, 1.807) is 51.1 Å². The largest absolute Gasteiger partial charge is 0.493 e. The van der Waals surface area contributed by atoms with E-state index in [0.29, 0.717) is 43.9 Å². The van der Waals surface area contributed by atoms with Crippen molar-refractivity contribution in [1.29, 1.82) is 5.26 Å². The molecule has 69 heteroatoms. The highest BCUT2D eigenvalue weighted by Crippen LogP contribution is 2.48. The molecule has 0 spiro atoms. The van der Waals surface area contributed by atoms with Gasteiger partial charge in [-0.2, -0.15) is 91.3 Å². The van der Waals surface area contributed by atoms with Crippen LogP contribution >= 0.6 is 46.2 Å². The summed E-state index contributed by atoms with van der Waals surface area (Å²) >= 11 is 3.74. The van der Waals surface area contributed by atoms with E-state index in [2.05, 4.69) is 72.2 Å². The maximum absolute atomic E-state index is 12.4. The van der Waals surface area contributed by atoms with Crippen LogP contribution in [0.25, 0.3) is 58.7 Å². The van der Waals surface area contributed by atoms with E-state index in [-0.39, 0.29) is 193 Å². The summed E-state index contributed by atoms with van der Waals surface area (Å²) in [4.78, 5) is 11.4. The number of azo groups is 5. The first-order valence-corrected chi connectivity index (χ1v) is 60.1. The summed E-state index contributed by atoms with van der Waals surface area (Å²) in [6, 6.07) is 29.6. The van der Waals surface area contributed by atoms with Gasteiger partial charge in [-0.25, -0.2) is 15.0 Å². The van der Waals surface area contributed by atoms with Crippen LogP contribution in [0.2, 0.25) is 0 Å². The first-order valence-electron chi connectivity index (χ1n) is 40.5. The number of nitrogen functional groups attached to an aromatic ring is 1. The van der Waals surface area contributed by atoms with Crippen molar-refractivity contribution in [3.8, 4) is 23.4 Å². The molecule has 0 fully saturated rings. The van der Waals surface area contributed by atoms with E-state index in [9.17, 15) is 128 Å². The lowest BCUT2D eigenvalue weighted by atomic mass is 10.1. The molecule has 0 amide bonds. The van der Waals surface area contributed by atoms with Crippen LogP contribution in [0.5, 0.6) is 17.4 Å². The lowest BCUT2D eigenvalue weighted by Gasteiger charge is -2.12. The van der Waals surface area contributed by atoms with Gasteiger partial charge in [0.15, 0.2) is 11.3 Å². The Balaban J connectivity index is 0.000000324. The summed E-state index contributed by atoms with van der Waals surface area (Å²) in [5.74, 6) is -2.20. The molecule has 0 bridgehead atoms. The SMILES string of the molecule is CC.CS(=O)(=O)O.Cc1cc(N)c(OCCCS(=O)(=O)O)cc1N=Nc1cc(CO)c(N=Nc2nc3c(S(=O)(=O)O)cc4ccc(S(=O)(=O)O)cc4c3s2)cc1SCCCS(=O)(=O)O.Cc1cc(N=Nc2c(C)c(C#N)c3nc4ccccc4n3c2O)c(OCCCS(=O)(=O)O)cc1N=Nc1cc(CO)c(N=Nc2nc3c(S(=O)(=O)O)cc4ccc(S(=O)(=O)O)cc4c3s2)cc1SCCCS(=O)(=O)O.O=S(=O)=O.O=S(=O)=O. The Morgan fingerprint density at radius 1 is 0.449 bits per heavy atom. The van der Waals surface area contributed by atoms with E-state index in [1.807, 2.05) is 13.8 Å². The van der Waals surface area contributed by atoms with Crippen molar-refractivity contribution < 1.29 is 167 Å². The van der Waals surface area contributed by atoms with Crippen molar-refractivity contribution in [2.75, 3.05) is 59.7 Å². The molecule has 0 aliphatic heterocycles. The van der Waals surface area contributed by atoms with Crippen LogP contribution < -0.4 is 15.2 Å². The minimum absolute atomic E-state index is 0.00233. The highest BCUT2D eigenvalue weighted by molar-refractivity contribution is 7.99. The van der Waals surface area contributed by atoms with Crippen LogP contribution in [-0.4, -0.2) is 231 Å². The van der Waals surface area contributed by atoms with Crippen LogP contribution in [0, 0.1) is 32.1 Å². The zero-order valence-electron chi connectivity index (χ0n) is 75.8. The van der Waals surface area contributed by atoms with Crippen molar-refractivity contribution in [3.05, 3.63) is 155 Å². The van der Waals surface area contributed by atoms with Crippen molar-refractivity contribution in [2.45, 2.75) is 103 Å². The van der Waals surface area contributed by atoms with Crippen LogP contribution in [0.15, 0.2) is 202 Å². The molecule has 0 saturated carbocycles. The number of hydrogen-bond acceptors (Lipinski definition) is 48. The lowest BCUT2D eigenvalue weighted by Crippen LogP contribution is -2.09. The fourth-order valence-corrected chi connectivity index (χ4v) is 21.2. The van der Waals surface area contributed by atoms with Gasteiger partial charge in [-0.05, 0) is 165 Å². The molecule has 0 radical (unpaired) electrons. The summed E-state index contributed by atoms with van der Waals surface area (Å²) in [6.45, 7) is 7.31. The van der Waals surface area contributed by atoms with Crippen LogP contribution in [0.1, 0.15) is 72.9 Å². The first-order chi connectivity index (χ1) is 68.3. The van der Waals surface area contributed by atoms with E-state index < -0.39 is 168 Å². The number of para-hydroxylation sites is 2. The van der Waals surface area contributed by atoms with Crippen LogP contribution in [0.4, 0.5) is 61.4 Å². The summed E-state index contributed by atoms with van der Waals surface area (Å²) in [7, 11) is -46.1. The second-order valence-electron chi connectivity index (χ2n) is 29.4. The van der Waals surface area contributed by atoms with Gasteiger partial charge in [-0.15, -0.1) is 89.7 Å². The highest BCUT2D eigenvalue weighted by Gasteiger charge is 2.28. The number of aromatic nitrogens is 4. The van der Waals surface area contributed by atoms with Gasteiger partial charge in [0, 0.05) is 49.4 Å². The number of nitrogens with two attached hydrogens (primary N) is 1. The Morgan fingerprint density at radius 2 is 0.823 bits per heavy atom. The van der Waals surface area contributed by atoms with Crippen LogP contribution in [-0.2, 0) is 125 Å². The zero-order valence-corrected chi connectivity index (χ0v) is 88.1. The number of nitrogens with zero attached hydrogens (tertiary/aromatic N) is 15. The number of imidazole rings is 1. The average molecular weight is 2330 g/mol. The Labute approximate surface area is 854 Å². The summed E-state index contributed by atoms with van der Waals surface area (Å²) in [5, 5.41) is 85.8. The maximum atomic E-state index is 12.4. The number of aliphatic hydroxyl groups is 2. The van der Waals surface area contributed by atoms with Crippen molar-refractivity contribution in [2.24, 2.45) is 51.1 Å². The topological polar surface area (TPSA) is 887 Å². The van der Waals surface area contributed by atoms with Gasteiger partial charge in [0.25, 0.3) is 91.1 Å². The Bertz CT molecular complexity index is 8860. The van der Waals surface area contributed by atoms with Gasteiger partial charge in [0.1, 0.15) is 49.6 Å². The molecule has 4 aromatic heterocycles. The number of fused-ring (bicyclic) bond motifs is 9. The number of rotatable bonds is 36. The van der Waals surface area contributed by atoms with E-state index >= 15 is 0 Å². The molecule has 147 heavy (non-hydrogen) atoms. The number of hydrogen-bond donors (Lipinski definition) is 13. The van der Waals surface area contributed by atoms with Gasteiger partial charge < -0.3 is 30.5 Å². The quantitative estimate of drug-likeness (QED) is 0.00570. The van der Waals surface area contributed by atoms with Gasteiger partial charge in [0.2, 0.25) is 16.1 Å². The number of aliphatic hydroxyl groups excluding tert-OH is 2. The minimum atomic E-state index is -4.89. The smallest absolute Gasteiger partial charge is 0.425 e. The molecule has 0 unspecified atom stereocenters. The standard InChI is InChI=1S/C44H38N10O15S6.C31H32N6O14S6.C2H6.CH4O3S.2O3S/c1-23-15-33(50-52-39-24(2)29(21-45)42-46-30-7-3-4-8-35(30)54(42)43(39)56)36(69-11-5-13-72(57,58)59)19-31(23)48-51-34-16-26(22-55)32(20-37(34)70-12-6-14-73(60,61)62)49-53-44-47-40-38(75(66,67)68)17-25-9-10-27(74(63,64)65)18-28(25)41(40)71-44;1-17-10-22(32)26(51-6-2-8-54(39,40)41)14-23(17)34-36-25-11-19(16-38)24(15-27(25)52-7-3-9-55(42,43)44)35-37-31-33-29-28(57(48,49)50)12-18-4-5-20(56(45,46)47)13-21(18)30(29)53-31;1-2;1-5(2,3)4;2*1-4(2)3/h3-4,7-10,15-20,55-56H,5-6,11-14,22H2,1-2H3,(H,57,58,59)(H,60,61,62)(H,63,64,65)(H,66,67,68);4-5,10-15,38H,2-3,6-9,16,32H2,1H3,(H,39,40,41)(H,42,43,44)(H,45,46,47)(H,48,49,50);1-2H3;1H3,(H,2,3,4);;. The predicted molar refractivity (Wildman–Crippen MR) is 534 cm³/mol. The second kappa shape index (κ2) is 50.8. The molecule has 0 saturated heterocycles. The number of benzene rings is 9. The van der Waals surface area contributed by atoms with Crippen LogP contribution in [0.3, 0.4) is 0 Å². The molecule has 4 heterocycles. The number of nitriles is 1. The third-order valence-electron chi connectivity index (χ3n) is 18.8. The lowest BCUT2D eigenvalue weighted by molar-refractivity contribution is 0.282. The van der Waals surface area contributed by atoms with Gasteiger partial charge in [-0.1, -0.05) is 60.8 Å². The van der Waals surface area contributed by atoms with Crippen molar-refractivity contribution in [1.82, 2.24) is 19.4 Å². The van der Waals surface area contributed by atoms with Gasteiger partial charge in [0.05, 0.1) is 126 Å². The molecule has 9 aromatic carbocycles. The number of aryl methyl sites for hydroxylation is 2. The number of ether oxygens (including phenoxy) is 2. The Kier molecular flexibility index (Phi) is 41.5. The number of thiazole rings is 2. The molecular formula is C78H80N16O38S15. The van der Waals surface area contributed by atoms with E-state index in [4.69, 9.17) is 49.6 Å². The molecule has 13 rings (SSSR count). The molecule has 54 nitrogen and oxygen atoms in total. The maximum Gasteiger partial charge on any atom is 0.425 e. The molecule has 0 atom stereocenters. The third-order valence-corrected chi connectivity index (χ3v) is 29.6. The van der Waals surface area contributed by atoms with E-state index in [0.717, 1.165) is 82.6 Å². The summed E-state index contributed by atoms with van der Waals surface area (Å²) in [6.07, 6.45) is 0.550. The Morgan fingerprint density at radius 3 is 1.22 bits per heavy atom. The van der Waals surface area contributed by atoms with Gasteiger partial charge in [-0.3, -0.25) is 45.4 Å². The van der Waals surface area contributed by atoms with Gasteiger partial charge >= 0.3 is 21.2 Å². The molecule has 0 aliphatic rings. The number of thioether (sulfide) groups is 2. The predicted octanol–water partition coefficient (Wildman–Crippen LogP) is 14.4.